The molecule has 3 N–H and O–H groups in total. The van der Waals surface area contributed by atoms with Gasteiger partial charge in [0.05, 0.1) is 15.8 Å². The van der Waals surface area contributed by atoms with Crippen molar-refractivity contribution in [2.75, 3.05) is 36.5 Å². The average Bonchev–Trinajstić information content (AvgIpc) is 3.49. The Kier molecular flexibility index (Phi) is 6.86. The lowest BCUT2D eigenvalue weighted by molar-refractivity contribution is -0.125. The number of hydrogen-bond donors (Lipinski definition) is 3. The third-order valence-corrected chi connectivity index (χ3v) is 6.26. The van der Waals surface area contributed by atoms with E-state index >= 15 is 0 Å². The number of ether oxygens (including phenoxy) is 1. The zero-order valence-corrected chi connectivity index (χ0v) is 18.3. The van der Waals surface area contributed by atoms with E-state index in [2.05, 4.69) is 16.0 Å². The molecule has 1 aliphatic carbocycles. The highest BCUT2D eigenvalue weighted by molar-refractivity contribution is 7.18. The molecule has 3 amide bonds. The molecule has 1 saturated carbocycles. The first-order valence-electron chi connectivity index (χ1n) is 10.1. The summed E-state index contributed by atoms with van der Waals surface area (Å²) in [5.74, 6) is -0.571. The van der Waals surface area contributed by atoms with Gasteiger partial charge in [0.15, 0.2) is 0 Å². The summed E-state index contributed by atoms with van der Waals surface area (Å²) in [6, 6.07) is 10.2. The van der Waals surface area contributed by atoms with Crippen LogP contribution in [0.5, 0.6) is 0 Å². The van der Waals surface area contributed by atoms with Crippen LogP contribution in [0.2, 0.25) is 4.34 Å². The van der Waals surface area contributed by atoms with Crippen molar-refractivity contribution in [3.8, 4) is 0 Å². The van der Waals surface area contributed by atoms with Crippen LogP contribution in [-0.2, 0) is 14.3 Å². The summed E-state index contributed by atoms with van der Waals surface area (Å²) in [5.41, 5.74) is 1.38. The number of morpholine rings is 1. The predicted molar refractivity (Wildman–Crippen MR) is 120 cm³/mol. The maximum atomic E-state index is 12.8. The van der Waals surface area contributed by atoms with Crippen molar-refractivity contribution in [3.63, 3.8) is 0 Å². The Morgan fingerprint density at radius 2 is 1.97 bits per heavy atom. The first-order chi connectivity index (χ1) is 15.0. The summed E-state index contributed by atoms with van der Waals surface area (Å²) in [4.78, 5) is 39.3. The van der Waals surface area contributed by atoms with Gasteiger partial charge in [-0.15, -0.1) is 11.3 Å². The van der Waals surface area contributed by atoms with Crippen LogP contribution in [0.1, 0.15) is 22.5 Å². The van der Waals surface area contributed by atoms with Crippen molar-refractivity contribution < 1.29 is 19.1 Å². The number of nitrogens with one attached hydrogen (secondary N) is 3. The van der Waals surface area contributed by atoms with E-state index < -0.39 is 6.04 Å². The minimum Gasteiger partial charge on any atom is -0.370 e. The number of carbonyl (C=O) groups excluding carboxylic acids is 3. The summed E-state index contributed by atoms with van der Waals surface area (Å²) in [6.07, 6.45) is 2.03. The fourth-order valence-corrected chi connectivity index (χ4v) is 4.18. The van der Waals surface area contributed by atoms with Crippen LogP contribution in [0.25, 0.3) is 0 Å². The van der Waals surface area contributed by atoms with Crippen molar-refractivity contribution in [3.05, 3.63) is 45.6 Å². The quantitative estimate of drug-likeness (QED) is 0.558. The van der Waals surface area contributed by atoms with Gasteiger partial charge in [0.1, 0.15) is 12.6 Å². The number of hydrogen-bond acceptors (Lipinski definition) is 6. The van der Waals surface area contributed by atoms with E-state index in [9.17, 15) is 14.4 Å². The molecule has 0 radical (unpaired) electrons. The SMILES string of the molecule is O=C(NC[C@H](NC1CC1)C(=O)Nc1ccc(N2CCOCC2=O)cc1)c1ccc(Cl)s1. The van der Waals surface area contributed by atoms with Crippen molar-refractivity contribution in [2.45, 2.75) is 24.9 Å². The van der Waals surface area contributed by atoms with Gasteiger partial charge in [-0.25, -0.2) is 0 Å². The van der Waals surface area contributed by atoms with Gasteiger partial charge in [0.2, 0.25) is 5.91 Å². The molecule has 1 aromatic carbocycles. The monoisotopic (exact) mass is 462 g/mol. The predicted octanol–water partition coefficient (Wildman–Crippen LogP) is 2.25. The van der Waals surface area contributed by atoms with Crippen LogP contribution in [0.3, 0.4) is 0 Å². The minimum absolute atomic E-state index is 0.0798. The van der Waals surface area contributed by atoms with Crippen molar-refractivity contribution in [1.82, 2.24) is 10.6 Å². The highest BCUT2D eigenvalue weighted by Gasteiger charge is 2.29. The third kappa shape index (κ3) is 5.82. The van der Waals surface area contributed by atoms with Crippen LogP contribution in [-0.4, -0.2) is 56.1 Å². The second kappa shape index (κ2) is 9.78. The summed E-state index contributed by atoms with van der Waals surface area (Å²) >= 11 is 7.08. The average molecular weight is 463 g/mol. The van der Waals surface area contributed by atoms with Crippen molar-refractivity contribution in [1.29, 1.82) is 0 Å². The standard InChI is InChI=1S/C21H23ClN4O4S/c22-18-8-7-17(31-18)21(29)23-11-16(24-13-1-2-13)20(28)25-14-3-5-15(6-4-14)26-9-10-30-12-19(26)27/h3-8,13,16,24H,1-2,9-12H2,(H,23,29)(H,25,28)/t16-/m0/s1. The van der Waals surface area contributed by atoms with Crippen LogP contribution in [0.4, 0.5) is 11.4 Å². The van der Waals surface area contributed by atoms with Gasteiger partial charge in [0.25, 0.3) is 11.8 Å². The Morgan fingerprint density at radius 1 is 1.19 bits per heavy atom. The Hall–Kier alpha value is -2.46. The van der Waals surface area contributed by atoms with Gasteiger partial charge in [-0.05, 0) is 49.2 Å². The van der Waals surface area contributed by atoms with Gasteiger partial charge in [-0.1, -0.05) is 11.6 Å². The first-order valence-corrected chi connectivity index (χ1v) is 11.3. The zero-order chi connectivity index (χ0) is 21.8. The fourth-order valence-electron chi connectivity index (χ4n) is 3.23. The highest BCUT2D eigenvalue weighted by Crippen LogP contribution is 2.23. The molecule has 1 aromatic heterocycles. The van der Waals surface area contributed by atoms with Crippen LogP contribution < -0.4 is 20.9 Å². The molecule has 8 nitrogen and oxygen atoms in total. The van der Waals surface area contributed by atoms with Crippen LogP contribution >= 0.6 is 22.9 Å². The molecule has 0 spiro atoms. The molecule has 2 aromatic rings. The maximum absolute atomic E-state index is 12.8. The number of amides is 3. The molecule has 1 atom stereocenters. The summed E-state index contributed by atoms with van der Waals surface area (Å²) < 4.78 is 5.69. The van der Waals surface area contributed by atoms with E-state index in [1.54, 1.807) is 41.3 Å². The first kappa shape index (κ1) is 21.8. The van der Waals surface area contributed by atoms with E-state index in [-0.39, 0.29) is 30.9 Å². The Bertz CT molecular complexity index is 961. The molecule has 2 aliphatic rings. The topological polar surface area (TPSA) is 99.8 Å². The molecular weight excluding hydrogens is 440 g/mol. The molecule has 10 heteroatoms. The molecule has 2 fully saturated rings. The highest BCUT2D eigenvalue weighted by atomic mass is 35.5. The van der Waals surface area contributed by atoms with E-state index in [0.717, 1.165) is 18.5 Å². The molecule has 1 aliphatic heterocycles. The van der Waals surface area contributed by atoms with Gasteiger partial charge >= 0.3 is 0 Å². The smallest absolute Gasteiger partial charge is 0.261 e. The molecule has 31 heavy (non-hydrogen) atoms. The van der Waals surface area contributed by atoms with Gasteiger partial charge in [-0.2, -0.15) is 0 Å². The lowest BCUT2D eigenvalue weighted by Gasteiger charge is -2.27. The van der Waals surface area contributed by atoms with Crippen molar-refractivity contribution in [2.24, 2.45) is 0 Å². The summed E-state index contributed by atoms with van der Waals surface area (Å²) in [7, 11) is 0. The number of benzene rings is 1. The van der Waals surface area contributed by atoms with Crippen molar-refractivity contribution >= 4 is 52.0 Å². The third-order valence-electron chi connectivity index (χ3n) is 5.03. The van der Waals surface area contributed by atoms with E-state index in [1.807, 2.05) is 0 Å². The zero-order valence-electron chi connectivity index (χ0n) is 16.7. The van der Waals surface area contributed by atoms with Gasteiger partial charge < -0.3 is 25.6 Å². The Morgan fingerprint density at radius 3 is 2.61 bits per heavy atom. The lowest BCUT2D eigenvalue weighted by atomic mass is 10.2. The normalized spacial score (nSPS) is 17.3. The molecule has 1 saturated heterocycles. The van der Waals surface area contributed by atoms with Gasteiger partial charge in [-0.3, -0.25) is 14.4 Å². The van der Waals surface area contributed by atoms with Crippen LogP contribution in [0.15, 0.2) is 36.4 Å². The molecule has 164 valence electrons. The number of carbonyl (C=O) groups is 3. The molecule has 0 bridgehead atoms. The molecular formula is C21H23ClN4O4S. The summed E-state index contributed by atoms with van der Waals surface area (Å²) in [5, 5.41) is 8.96. The molecule has 2 heterocycles. The second-order valence-corrected chi connectivity index (χ2v) is 9.16. The Labute approximate surface area is 188 Å². The lowest BCUT2D eigenvalue weighted by Crippen LogP contribution is -2.49. The minimum atomic E-state index is -0.563. The molecule has 0 unspecified atom stereocenters. The van der Waals surface area contributed by atoms with E-state index in [0.29, 0.717) is 34.1 Å². The van der Waals surface area contributed by atoms with E-state index in [1.165, 1.54) is 11.3 Å². The van der Waals surface area contributed by atoms with E-state index in [4.69, 9.17) is 16.3 Å². The maximum Gasteiger partial charge on any atom is 0.261 e. The number of anilines is 2. The molecule has 4 rings (SSSR count). The second-order valence-electron chi connectivity index (χ2n) is 7.44. The number of rotatable bonds is 8. The number of thiophene rings is 1. The largest absolute Gasteiger partial charge is 0.370 e. The number of halogens is 1. The fraction of sp³-hybridized carbons (Fsp3) is 0.381. The van der Waals surface area contributed by atoms with Crippen LogP contribution in [0, 0.1) is 0 Å². The summed E-state index contributed by atoms with van der Waals surface area (Å²) in [6.45, 7) is 1.25. The van der Waals surface area contributed by atoms with Gasteiger partial charge in [0, 0.05) is 30.5 Å². The Balaban J connectivity index is 1.35. The number of nitrogens with zero attached hydrogens (tertiary/aromatic N) is 1.